The van der Waals surface area contributed by atoms with E-state index in [4.69, 9.17) is 0 Å². The number of rotatable bonds is 4. The fraction of sp³-hybridized carbons (Fsp3) is 0.0526. The Morgan fingerprint density at radius 2 is 1.50 bits per heavy atom. The van der Waals surface area contributed by atoms with E-state index in [2.05, 4.69) is 15.6 Å². The average molecular weight is 316 g/mol. The van der Waals surface area contributed by atoms with Crippen molar-refractivity contribution >= 4 is 5.57 Å². The lowest BCUT2D eigenvalue weighted by molar-refractivity contribution is 0.156. The van der Waals surface area contributed by atoms with Crippen molar-refractivity contribution in [2.24, 2.45) is 0 Å². The topological polar surface area (TPSA) is 63.0 Å². The van der Waals surface area contributed by atoms with Crippen LogP contribution in [0.25, 0.3) is 5.57 Å². The first-order chi connectivity index (χ1) is 11.8. The van der Waals surface area contributed by atoms with Gasteiger partial charge in [0.1, 0.15) is 18.3 Å². The van der Waals surface area contributed by atoms with Gasteiger partial charge < -0.3 is 5.11 Å². The minimum atomic E-state index is -1.20. The molecule has 0 aliphatic heterocycles. The SMILES string of the molecule is O[C@]1(c2ccccc2)C=C(Nn2cnnc2)C=C1c1ccccc1. The van der Waals surface area contributed by atoms with Gasteiger partial charge in [0, 0.05) is 5.57 Å². The van der Waals surface area contributed by atoms with Gasteiger partial charge in [-0.05, 0) is 23.3 Å². The molecule has 3 aromatic rings. The molecule has 1 aliphatic rings. The van der Waals surface area contributed by atoms with Gasteiger partial charge in [0.25, 0.3) is 0 Å². The second-order valence-corrected chi connectivity index (χ2v) is 5.64. The summed E-state index contributed by atoms with van der Waals surface area (Å²) in [5.74, 6) is 0. The van der Waals surface area contributed by atoms with E-state index in [1.807, 2.05) is 72.8 Å². The Balaban J connectivity index is 1.80. The first kappa shape index (κ1) is 14.4. The van der Waals surface area contributed by atoms with Gasteiger partial charge in [-0.1, -0.05) is 60.7 Å². The van der Waals surface area contributed by atoms with Gasteiger partial charge in [0.15, 0.2) is 0 Å². The van der Waals surface area contributed by atoms with Crippen molar-refractivity contribution in [2.75, 3.05) is 5.43 Å². The molecule has 0 unspecified atom stereocenters. The zero-order chi connectivity index (χ0) is 16.4. The summed E-state index contributed by atoms with van der Waals surface area (Å²) >= 11 is 0. The largest absolute Gasteiger partial charge is 0.377 e. The molecule has 1 aliphatic carbocycles. The van der Waals surface area contributed by atoms with Crippen molar-refractivity contribution in [1.29, 1.82) is 0 Å². The van der Waals surface area contributed by atoms with Crippen molar-refractivity contribution in [2.45, 2.75) is 5.60 Å². The molecule has 2 N–H and O–H groups in total. The van der Waals surface area contributed by atoms with E-state index < -0.39 is 5.60 Å². The summed E-state index contributed by atoms with van der Waals surface area (Å²) < 4.78 is 1.64. The summed E-state index contributed by atoms with van der Waals surface area (Å²) in [6.45, 7) is 0. The Hall–Kier alpha value is -3.18. The van der Waals surface area contributed by atoms with Crippen LogP contribution in [0.4, 0.5) is 0 Å². The van der Waals surface area contributed by atoms with Gasteiger partial charge in [-0.3, -0.25) is 5.43 Å². The van der Waals surface area contributed by atoms with Crippen molar-refractivity contribution in [3.63, 3.8) is 0 Å². The van der Waals surface area contributed by atoms with Crippen LogP contribution in [-0.4, -0.2) is 20.0 Å². The molecule has 0 bridgehead atoms. The van der Waals surface area contributed by atoms with Crippen LogP contribution in [0.15, 0.2) is 91.2 Å². The van der Waals surface area contributed by atoms with Crippen molar-refractivity contribution in [3.05, 3.63) is 102 Å². The minimum absolute atomic E-state index is 0.778. The molecule has 1 aromatic heterocycles. The predicted molar refractivity (Wildman–Crippen MR) is 92.2 cm³/mol. The molecule has 24 heavy (non-hydrogen) atoms. The van der Waals surface area contributed by atoms with Crippen LogP contribution in [-0.2, 0) is 5.60 Å². The highest BCUT2D eigenvalue weighted by Gasteiger charge is 2.36. The summed E-state index contributed by atoms with van der Waals surface area (Å²) in [7, 11) is 0. The first-order valence-electron chi connectivity index (χ1n) is 7.66. The van der Waals surface area contributed by atoms with Gasteiger partial charge >= 0.3 is 0 Å². The van der Waals surface area contributed by atoms with E-state index in [9.17, 15) is 5.11 Å². The minimum Gasteiger partial charge on any atom is -0.377 e. The molecule has 0 spiro atoms. The Labute approximate surface area is 139 Å². The fourth-order valence-corrected chi connectivity index (χ4v) is 2.93. The molecule has 0 fully saturated rings. The molecule has 2 aromatic carbocycles. The molecule has 5 heteroatoms. The first-order valence-corrected chi connectivity index (χ1v) is 7.66. The normalized spacial score (nSPS) is 19.7. The second kappa shape index (κ2) is 5.79. The van der Waals surface area contributed by atoms with Crippen molar-refractivity contribution < 1.29 is 5.11 Å². The number of nitrogens with one attached hydrogen (secondary N) is 1. The number of hydrogen-bond acceptors (Lipinski definition) is 4. The summed E-state index contributed by atoms with van der Waals surface area (Å²) in [4.78, 5) is 0. The van der Waals surface area contributed by atoms with Crippen LogP contribution in [0, 0.1) is 0 Å². The van der Waals surface area contributed by atoms with E-state index in [0.29, 0.717) is 0 Å². The van der Waals surface area contributed by atoms with Crippen LogP contribution >= 0.6 is 0 Å². The van der Waals surface area contributed by atoms with Gasteiger partial charge in [-0.2, -0.15) is 0 Å². The number of aliphatic hydroxyl groups is 1. The maximum Gasteiger partial charge on any atom is 0.139 e. The zero-order valence-corrected chi connectivity index (χ0v) is 12.9. The Bertz CT molecular complexity index is 886. The van der Waals surface area contributed by atoms with E-state index in [1.165, 1.54) is 0 Å². The number of allylic oxidation sites excluding steroid dienone is 1. The third kappa shape index (κ3) is 2.51. The lowest BCUT2D eigenvalue weighted by atomic mass is 9.85. The lowest BCUT2D eigenvalue weighted by Crippen LogP contribution is -2.23. The van der Waals surface area contributed by atoms with Crippen molar-refractivity contribution in [1.82, 2.24) is 14.9 Å². The molecule has 4 rings (SSSR count). The molecule has 0 saturated heterocycles. The average Bonchev–Trinajstić information content (AvgIpc) is 3.25. The number of benzene rings is 2. The highest BCUT2D eigenvalue weighted by atomic mass is 16.3. The number of aromatic nitrogens is 3. The van der Waals surface area contributed by atoms with E-state index >= 15 is 0 Å². The molecule has 0 amide bonds. The van der Waals surface area contributed by atoms with Crippen LogP contribution < -0.4 is 5.43 Å². The zero-order valence-electron chi connectivity index (χ0n) is 12.9. The van der Waals surface area contributed by atoms with Crippen LogP contribution in [0.2, 0.25) is 0 Å². The van der Waals surface area contributed by atoms with E-state index in [1.54, 1.807) is 17.3 Å². The van der Waals surface area contributed by atoms with Crippen molar-refractivity contribution in [3.8, 4) is 0 Å². The van der Waals surface area contributed by atoms with Gasteiger partial charge in [-0.25, -0.2) is 4.68 Å². The fourth-order valence-electron chi connectivity index (χ4n) is 2.93. The summed E-state index contributed by atoms with van der Waals surface area (Å²) in [6.07, 6.45) is 6.89. The molecular formula is C19H16N4O. The third-order valence-corrected chi connectivity index (χ3v) is 4.05. The quantitative estimate of drug-likeness (QED) is 0.777. The lowest BCUT2D eigenvalue weighted by Gasteiger charge is -2.25. The van der Waals surface area contributed by atoms with Gasteiger partial charge in [0.2, 0.25) is 0 Å². The van der Waals surface area contributed by atoms with Crippen LogP contribution in [0.5, 0.6) is 0 Å². The van der Waals surface area contributed by atoms with Crippen LogP contribution in [0.1, 0.15) is 11.1 Å². The van der Waals surface area contributed by atoms with Crippen LogP contribution in [0.3, 0.4) is 0 Å². The Kier molecular flexibility index (Phi) is 3.48. The summed E-state index contributed by atoms with van der Waals surface area (Å²) in [6, 6.07) is 19.5. The van der Waals surface area contributed by atoms with Gasteiger partial charge in [0.05, 0.1) is 5.70 Å². The maximum atomic E-state index is 11.4. The summed E-state index contributed by atoms with van der Waals surface area (Å²) in [5, 5.41) is 19.0. The number of hydrogen-bond donors (Lipinski definition) is 2. The third-order valence-electron chi connectivity index (χ3n) is 4.05. The molecule has 5 nitrogen and oxygen atoms in total. The van der Waals surface area contributed by atoms with E-state index in [-0.39, 0.29) is 0 Å². The molecule has 0 saturated carbocycles. The number of nitrogens with zero attached hydrogens (tertiary/aromatic N) is 3. The molecule has 1 atom stereocenters. The molecule has 118 valence electrons. The van der Waals surface area contributed by atoms with E-state index in [0.717, 1.165) is 22.4 Å². The molecule has 0 radical (unpaired) electrons. The Morgan fingerprint density at radius 3 is 2.17 bits per heavy atom. The predicted octanol–water partition coefficient (Wildman–Crippen LogP) is 2.69. The highest BCUT2D eigenvalue weighted by molar-refractivity contribution is 5.81. The summed E-state index contributed by atoms with van der Waals surface area (Å²) in [5.41, 5.74) is 5.36. The van der Waals surface area contributed by atoms with Gasteiger partial charge in [-0.15, -0.1) is 10.2 Å². The monoisotopic (exact) mass is 316 g/mol. The second-order valence-electron chi connectivity index (χ2n) is 5.64. The smallest absolute Gasteiger partial charge is 0.139 e. The standard InChI is InChI=1S/C19H16N4O/c24-19(16-9-5-2-6-10-16)12-17(22-23-13-20-21-14-23)11-18(19)15-7-3-1-4-8-15/h1-14,22,24H/t19-/m0/s1. The maximum absolute atomic E-state index is 11.4. The highest BCUT2D eigenvalue weighted by Crippen LogP contribution is 2.42. The molecule has 1 heterocycles. The molecular weight excluding hydrogens is 300 g/mol. The Morgan fingerprint density at radius 1 is 0.875 bits per heavy atom.